The molecule has 0 fully saturated rings. The number of nitrogens with two attached hydrogens (primary N) is 1. The van der Waals surface area contributed by atoms with E-state index < -0.39 is 0 Å². The Bertz CT molecular complexity index is 251. The maximum atomic E-state index is 5.43. The van der Waals surface area contributed by atoms with E-state index in [9.17, 15) is 0 Å². The number of hydrogen-bond donors (Lipinski definition) is 3. The van der Waals surface area contributed by atoms with E-state index in [1.54, 1.807) is 7.05 Å². The van der Waals surface area contributed by atoms with E-state index in [0.29, 0.717) is 11.8 Å². The van der Waals surface area contributed by atoms with Gasteiger partial charge in [-0.3, -0.25) is 4.99 Å². The topological polar surface area (TPSA) is 105 Å². The average molecular weight is 169 g/mol. The Labute approximate surface area is 69.4 Å². The summed E-state index contributed by atoms with van der Waals surface area (Å²) >= 11 is 0. The summed E-state index contributed by atoms with van der Waals surface area (Å²) in [7, 11) is 1.60. The summed E-state index contributed by atoms with van der Waals surface area (Å²) in [5.74, 6) is 0.911. The first-order valence-electron chi connectivity index (χ1n) is 3.46. The van der Waals surface area contributed by atoms with Crippen molar-refractivity contribution in [3.8, 4) is 0 Å². The molecule has 0 aliphatic rings. The highest BCUT2D eigenvalue weighted by Crippen LogP contribution is 2.01. The second kappa shape index (κ2) is 3.65. The van der Waals surface area contributed by atoms with E-state index in [0.717, 1.165) is 0 Å². The molecule has 0 radical (unpaired) electrons. The van der Waals surface area contributed by atoms with Gasteiger partial charge in [0.1, 0.15) is 0 Å². The molecule has 1 rings (SSSR count). The van der Waals surface area contributed by atoms with Crippen LogP contribution in [0.1, 0.15) is 18.8 Å². The van der Waals surface area contributed by atoms with Gasteiger partial charge in [-0.15, -0.1) is 10.2 Å². The highest BCUT2D eigenvalue weighted by atomic mass is 15.5. The monoisotopic (exact) mass is 169 g/mol. The van der Waals surface area contributed by atoms with Crippen LogP contribution >= 0.6 is 0 Å². The van der Waals surface area contributed by atoms with Gasteiger partial charge in [-0.25, -0.2) is 0 Å². The minimum absolute atomic E-state index is 0.0903. The predicted octanol–water partition coefficient (Wildman–Crippen LogP) is -1.21. The van der Waals surface area contributed by atoms with E-state index >= 15 is 0 Å². The molecule has 4 N–H and O–H groups in total. The van der Waals surface area contributed by atoms with Crippen LogP contribution in [0, 0.1) is 0 Å². The second-order valence-electron chi connectivity index (χ2n) is 2.24. The standard InChI is InChI=1S/C5H11N7/c1-3(8-5(6)7-2)4-9-11-12-10-4/h3H,1-2H3,(H3,6,7,8)(H,9,10,11,12). The van der Waals surface area contributed by atoms with Crippen LogP contribution in [0.25, 0.3) is 0 Å². The number of rotatable bonds is 2. The van der Waals surface area contributed by atoms with E-state index in [4.69, 9.17) is 5.73 Å². The Morgan fingerprint density at radius 2 is 2.50 bits per heavy atom. The molecular formula is C5H11N7. The number of tetrazole rings is 1. The molecule has 66 valence electrons. The van der Waals surface area contributed by atoms with E-state index in [1.165, 1.54) is 0 Å². The van der Waals surface area contributed by atoms with Crippen molar-refractivity contribution in [2.24, 2.45) is 10.7 Å². The summed E-state index contributed by atoms with van der Waals surface area (Å²) in [5, 5.41) is 16.2. The minimum Gasteiger partial charge on any atom is -0.370 e. The fourth-order valence-corrected chi connectivity index (χ4v) is 0.704. The third kappa shape index (κ3) is 1.91. The minimum atomic E-state index is -0.0903. The summed E-state index contributed by atoms with van der Waals surface area (Å²) in [6.45, 7) is 1.86. The van der Waals surface area contributed by atoms with Gasteiger partial charge in [0.25, 0.3) is 0 Å². The van der Waals surface area contributed by atoms with E-state index in [-0.39, 0.29) is 6.04 Å². The number of H-pyrrole nitrogens is 1. The quantitative estimate of drug-likeness (QED) is 0.381. The highest BCUT2D eigenvalue weighted by Gasteiger charge is 2.09. The van der Waals surface area contributed by atoms with E-state index in [1.807, 2.05) is 6.92 Å². The Morgan fingerprint density at radius 3 is 3.00 bits per heavy atom. The van der Waals surface area contributed by atoms with Gasteiger partial charge in [-0.2, -0.15) is 5.21 Å². The fourth-order valence-electron chi connectivity index (χ4n) is 0.704. The average Bonchev–Trinajstić information content (AvgIpc) is 2.56. The molecule has 1 aromatic rings. The fraction of sp³-hybridized carbons (Fsp3) is 0.600. The summed E-state index contributed by atoms with van der Waals surface area (Å²) in [6, 6.07) is -0.0903. The molecule has 0 spiro atoms. The summed E-state index contributed by atoms with van der Waals surface area (Å²) in [5.41, 5.74) is 5.43. The summed E-state index contributed by atoms with van der Waals surface area (Å²) < 4.78 is 0. The van der Waals surface area contributed by atoms with Gasteiger partial charge < -0.3 is 11.1 Å². The van der Waals surface area contributed by atoms with Crippen LogP contribution in [-0.4, -0.2) is 33.6 Å². The first-order chi connectivity index (χ1) is 5.74. The largest absolute Gasteiger partial charge is 0.370 e. The van der Waals surface area contributed by atoms with Crippen LogP contribution in [0.2, 0.25) is 0 Å². The van der Waals surface area contributed by atoms with Crippen LogP contribution in [0.15, 0.2) is 4.99 Å². The molecule has 1 unspecified atom stereocenters. The Balaban J connectivity index is 2.55. The van der Waals surface area contributed by atoms with Crippen molar-refractivity contribution in [3.05, 3.63) is 5.82 Å². The van der Waals surface area contributed by atoms with Crippen LogP contribution in [0.5, 0.6) is 0 Å². The van der Waals surface area contributed by atoms with Gasteiger partial charge in [0.05, 0.1) is 6.04 Å². The first-order valence-corrected chi connectivity index (χ1v) is 3.46. The first kappa shape index (κ1) is 8.44. The van der Waals surface area contributed by atoms with Crippen LogP contribution < -0.4 is 11.1 Å². The number of aliphatic imine (C=N–C) groups is 1. The number of hydrogen-bond acceptors (Lipinski definition) is 4. The highest BCUT2D eigenvalue weighted by molar-refractivity contribution is 5.77. The molecular weight excluding hydrogens is 158 g/mol. The normalized spacial score (nSPS) is 14.3. The van der Waals surface area contributed by atoms with Gasteiger partial charge in [0.2, 0.25) is 0 Å². The van der Waals surface area contributed by atoms with Crippen molar-refractivity contribution in [2.45, 2.75) is 13.0 Å². The lowest BCUT2D eigenvalue weighted by molar-refractivity contribution is 0.660. The molecule has 0 aliphatic heterocycles. The number of aromatic nitrogens is 4. The van der Waals surface area contributed by atoms with Crippen molar-refractivity contribution < 1.29 is 0 Å². The predicted molar refractivity (Wildman–Crippen MR) is 43.3 cm³/mol. The summed E-state index contributed by atoms with van der Waals surface area (Å²) in [6.07, 6.45) is 0. The van der Waals surface area contributed by atoms with Crippen molar-refractivity contribution >= 4 is 5.96 Å². The van der Waals surface area contributed by atoms with Crippen molar-refractivity contribution in [3.63, 3.8) is 0 Å². The smallest absolute Gasteiger partial charge is 0.196 e. The van der Waals surface area contributed by atoms with Crippen LogP contribution in [0.4, 0.5) is 0 Å². The van der Waals surface area contributed by atoms with Gasteiger partial charge in [0, 0.05) is 7.05 Å². The van der Waals surface area contributed by atoms with Crippen molar-refractivity contribution in [1.82, 2.24) is 25.9 Å². The third-order valence-electron chi connectivity index (χ3n) is 1.35. The molecule has 0 aliphatic carbocycles. The lowest BCUT2D eigenvalue weighted by Crippen LogP contribution is -2.34. The molecule has 1 heterocycles. The number of aromatic amines is 1. The number of guanidine groups is 1. The van der Waals surface area contributed by atoms with E-state index in [2.05, 4.69) is 30.9 Å². The SMILES string of the molecule is CN=C(N)NC(C)c1nn[nH]n1. The maximum Gasteiger partial charge on any atom is 0.196 e. The third-order valence-corrected chi connectivity index (χ3v) is 1.35. The maximum absolute atomic E-state index is 5.43. The van der Waals surface area contributed by atoms with Crippen LogP contribution in [-0.2, 0) is 0 Å². The zero-order valence-corrected chi connectivity index (χ0v) is 6.94. The van der Waals surface area contributed by atoms with Gasteiger partial charge >= 0.3 is 0 Å². The Kier molecular flexibility index (Phi) is 2.57. The molecule has 0 amide bonds. The second-order valence-corrected chi connectivity index (χ2v) is 2.24. The van der Waals surface area contributed by atoms with Crippen LogP contribution in [0.3, 0.4) is 0 Å². The summed E-state index contributed by atoms with van der Waals surface area (Å²) in [4.78, 5) is 3.74. The Morgan fingerprint density at radius 1 is 1.75 bits per heavy atom. The van der Waals surface area contributed by atoms with Gasteiger partial charge in [-0.05, 0) is 6.92 Å². The lowest BCUT2D eigenvalue weighted by Gasteiger charge is -2.08. The zero-order chi connectivity index (χ0) is 8.97. The van der Waals surface area contributed by atoms with Gasteiger partial charge in [0.15, 0.2) is 11.8 Å². The molecule has 7 heteroatoms. The molecule has 1 atom stereocenters. The number of nitrogens with zero attached hydrogens (tertiary/aromatic N) is 4. The zero-order valence-electron chi connectivity index (χ0n) is 6.94. The Hall–Kier alpha value is -1.66. The lowest BCUT2D eigenvalue weighted by atomic mass is 10.3. The molecule has 0 saturated heterocycles. The van der Waals surface area contributed by atoms with Gasteiger partial charge in [-0.1, -0.05) is 5.21 Å². The molecule has 7 nitrogen and oxygen atoms in total. The molecule has 1 aromatic heterocycles. The van der Waals surface area contributed by atoms with Crippen molar-refractivity contribution in [2.75, 3.05) is 7.05 Å². The number of nitrogens with one attached hydrogen (secondary N) is 2. The molecule has 0 saturated carbocycles. The molecule has 0 bridgehead atoms. The molecule has 12 heavy (non-hydrogen) atoms. The van der Waals surface area contributed by atoms with Crippen molar-refractivity contribution in [1.29, 1.82) is 0 Å². The molecule has 0 aromatic carbocycles.